The Morgan fingerprint density at radius 2 is 2.00 bits per heavy atom. The van der Waals surface area contributed by atoms with Gasteiger partial charge in [0.2, 0.25) is 5.91 Å². The minimum Gasteiger partial charge on any atom is -0.486 e. The van der Waals surface area contributed by atoms with E-state index in [-0.39, 0.29) is 12.0 Å². The van der Waals surface area contributed by atoms with E-state index in [4.69, 9.17) is 4.74 Å². The molecule has 1 unspecified atom stereocenters. The molecular formula is C19H29N3O2. The smallest absolute Gasteiger partial charge is 0.237 e. The van der Waals surface area contributed by atoms with E-state index in [1.54, 1.807) is 0 Å². The lowest BCUT2D eigenvalue weighted by molar-refractivity contribution is -0.141. The van der Waals surface area contributed by atoms with Crippen LogP contribution in [0.4, 0.5) is 0 Å². The molecule has 5 heteroatoms. The summed E-state index contributed by atoms with van der Waals surface area (Å²) in [6.07, 6.45) is 2.25. The number of aryl methyl sites for hydroxylation is 1. The van der Waals surface area contributed by atoms with Gasteiger partial charge in [0.1, 0.15) is 11.9 Å². The molecule has 1 atom stereocenters. The lowest BCUT2D eigenvalue weighted by atomic mass is 10.1. The van der Waals surface area contributed by atoms with E-state index in [9.17, 15) is 4.79 Å². The first-order chi connectivity index (χ1) is 11.6. The number of amides is 1. The summed E-state index contributed by atoms with van der Waals surface area (Å²) in [6.45, 7) is 6.12. The van der Waals surface area contributed by atoms with Crippen LogP contribution in [0.3, 0.4) is 0 Å². The molecule has 1 amide bonds. The van der Waals surface area contributed by atoms with Crippen molar-refractivity contribution in [2.75, 3.05) is 46.8 Å². The zero-order valence-electron chi connectivity index (χ0n) is 15.1. The summed E-state index contributed by atoms with van der Waals surface area (Å²) >= 11 is 0. The molecule has 0 bridgehead atoms. The second kappa shape index (κ2) is 7.53. The Bertz CT molecular complexity index is 569. The van der Waals surface area contributed by atoms with Crippen molar-refractivity contribution < 1.29 is 9.53 Å². The first-order valence-electron chi connectivity index (χ1n) is 8.98. The van der Waals surface area contributed by atoms with Crippen molar-refractivity contribution in [2.45, 2.75) is 31.9 Å². The topological polar surface area (TPSA) is 36.0 Å². The number of carbonyl (C=O) groups is 1. The second-order valence-electron chi connectivity index (χ2n) is 7.14. The van der Waals surface area contributed by atoms with E-state index in [0.29, 0.717) is 25.7 Å². The fourth-order valence-corrected chi connectivity index (χ4v) is 3.48. The van der Waals surface area contributed by atoms with Gasteiger partial charge in [-0.15, -0.1) is 0 Å². The number of ether oxygens (including phenoxy) is 1. The predicted molar refractivity (Wildman–Crippen MR) is 95.3 cm³/mol. The number of likely N-dealkylation sites (tertiary alicyclic amines) is 2. The van der Waals surface area contributed by atoms with Crippen molar-refractivity contribution >= 4 is 5.91 Å². The Labute approximate surface area is 145 Å². The monoisotopic (exact) mass is 331 g/mol. The molecule has 2 aliphatic rings. The van der Waals surface area contributed by atoms with Crippen LogP contribution >= 0.6 is 0 Å². The molecule has 5 nitrogen and oxygen atoms in total. The molecule has 0 aromatic heterocycles. The minimum atomic E-state index is 0.134. The van der Waals surface area contributed by atoms with Gasteiger partial charge in [0, 0.05) is 19.1 Å². The first-order valence-corrected chi connectivity index (χ1v) is 8.98. The summed E-state index contributed by atoms with van der Waals surface area (Å²) in [5, 5.41) is 0. The number of likely N-dealkylation sites (N-methyl/N-ethyl adjacent to an activating group) is 1. The molecule has 0 N–H and O–H groups in total. The number of hydrogen-bond donors (Lipinski definition) is 0. The predicted octanol–water partition coefficient (Wildman–Crippen LogP) is 1.47. The van der Waals surface area contributed by atoms with Crippen LogP contribution in [0.1, 0.15) is 18.9 Å². The number of nitrogens with zero attached hydrogens (tertiary/aromatic N) is 3. The number of carbonyl (C=O) groups excluding carboxylic acids is 1. The fraction of sp³-hybridized carbons (Fsp3) is 0.632. The van der Waals surface area contributed by atoms with Crippen LogP contribution in [-0.4, -0.2) is 79.6 Å². The molecule has 2 saturated heterocycles. The molecule has 1 aromatic carbocycles. The first kappa shape index (κ1) is 17.2. The average Bonchev–Trinajstić information content (AvgIpc) is 2.99. The maximum atomic E-state index is 12.4. The molecule has 3 rings (SSSR count). The van der Waals surface area contributed by atoms with Crippen molar-refractivity contribution in [3.63, 3.8) is 0 Å². The van der Waals surface area contributed by atoms with Crippen molar-refractivity contribution in [3.8, 4) is 5.75 Å². The Hall–Kier alpha value is -1.59. The van der Waals surface area contributed by atoms with E-state index < -0.39 is 0 Å². The van der Waals surface area contributed by atoms with Gasteiger partial charge >= 0.3 is 0 Å². The van der Waals surface area contributed by atoms with Gasteiger partial charge in [0.15, 0.2) is 0 Å². The molecule has 0 radical (unpaired) electrons. The third-order valence-corrected chi connectivity index (χ3v) is 5.18. The van der Waals surface area contributed by atoms with Crippen molar-refractivity contribution in [1.29, 1.82) is 0 Å². The van der Waals surface area contributed by atoms with Gasteiger partial charge in [-0.25, -0.2) is 0 Å². The lowest BCUT2D eigenvalue weighted by Gasteiger charge is -2.40. The largest absolute Gasteiger partial charge is 0.486 e. The summed E-state index contributed by atoms with van der Waals surface area (Å²) in [5.41, 5.74) is 1.23. The third-order valence-electron chi connectivity index (χ3n) is 5.18. The molecular weight excluding hydrogens is 302 g/mol. The number of para-hydroxylation sites is 1. The van der Waals surface area contributed by atoms with Gasteiger partial charge in [-0.1, -0.05) is 25.1 Å². The van der Waals surface area contributed by atoms with E-state index in [1.165, 1.54) is 5.56 Å². The summed E-state index contributed by atoms with van der Waals surface area (Å²) < 4.78 is 6.06. The molecule has 24 heavy (non-hydrogen) atoms. The second-order valence-corrected chi connectivity index (χ2v) is 7.14. The molecule has 0 saturated carbocycles. The van der Waals surface area contributed by atoms with Gasteiger partial charge in [-0.05, 0) is 38.6 Å². The lowest BCUT2D eigenvalue weighted by Crippen LogP contribution is -2.58. The van der Waals surface area contributed by atoms with Crippen LogP contribution in [-0.2, 0) is 11.2 Å². The zero-order chi connectivity index (χ0) is 17.1. The maximum absolute atomic E-state index is 12.4. The highest BCUT2D eigenvalue weighted by atomic mass is 16.5. The molecule has 2 heterocycles. The summed E-state index contributed by atoms with van der Waals surface area (Å²) in [6, 6.07) is 8.75. The van der Waals surface area contributed by atoms with Crippen LogP contribution in [0.25, 0.3) is 0 Å². The average molecular weight is 331 g/mol. The van der Waals surface area contributed by atoms with Crippen LogP contribution < -0.4 is 4.74 Å². The van der Waals surface area contributed by atoms with Crippen LogP contribution in [0.5, 0.6) is 5.75 Å². The Balaban J connectivity index is 1.42. The van der Waals surface area contributed by atoms with E-state index in [2.05, 4.69) is 36.9 Å². The summed E-state index contributed by atoms with van der Waals surface area (Å²) in [5.74, 6) is 1.20. The quantitative estimate of drug-likeness (QED) is 0.791. The van der Waals surface area contributed by atoms with Crippen molar-refractivity contribution in [3.05, 3.63) is 29.8 Å². The summed E-state index contributed by atoms with van der Waals surface area (Å²) in [7, 11) is 4.23. The standard InChI is InChI=1S/C19H29N3O2/c1-4-15-7-5-6-8-18(15)24-17-12-22(13-17)19(23)14-21-10-9-16(11-21)20(2)3/h5-8,16-17H,4,9-14H2,1-3H3. The molecule has 1 aromatic rings. The van der Waals surface area contributed by atoms with Gasteiger partial charge in [-0.2, -0.15) is 0 Å². The molecule has 0 spiro atoms. The number of hydrogen-bond acceptors (Lipinski definition) is 4. The molecule has 2 fully saturated rings. The van der Waals surface area contributed by atoms with Crippen LogP contribution in [0, 0.1) is 0 Å². The highest BCUT2D eigenvalue weighted by molar-refractivity contribution is 5.79. The molecule has 2 aliphatic heterocycles. The van der Waals surface area contributed by atoms with Crippen LogP contribution in [0.2, 0.25) is 0 Å². The minimum absolute atomic E-state index is 0.134. The third kappa shape index (κ3) is 3.90. The van der Waals surface area contributed by atoms with E-state index in [0.717, 1.165) is 31.7 Å². The van der Waals surface area contributed by atoms with Crippen molar-refractivity contribution in [1.82, 2.24) is 14.7 Å². The van der Waals surface area contributed by atoms with Crippen molar-refractivity contribution in [2.24, 2.45) is 0 Å². The Morgan fingerprint density at radius 3 is 2.67 bits per heavy atom. The van der Waals surface area contributed by atoms with Gasteiger partial charge in [0.05, 0.1) is 19.6 Å². The zero-order valence-corrected chi connectivity index (χ0v) is 15.1. The molecule has 132 valence electrons. The number of rotatable bonds is 6. The summed E-state index contributed by atoms with van der Waals surface area (Å²) in [4.78, 5) is 18.8. The van der Waals surface area contributed by atoms with E-state index in [1.807, 2.05) is 23.1 Å². The van der Waals surface area contributed by atoms with Gasteiger partial charge in [-0.3, -0.25) is 9.69 Å². The van der Waals surface area contributed by atoms with Crippen LogP contribution in [0.15, 0.2) is 24.3 Å². The Morgan fingerprint density at radius 1 is 1.25 bits per heavy atom. The highest BCUT2D eigenvalue weighted by Crippen LogP contribution is 2.23. The maximum Gasteiger partial charge on any atom is 0.237 e. The molecule has 0 aliphatic carbocycles. The SMILES string of the molecule is CCc1ccccc1OC1CN(C(=O)CN2CCC(N(C)C)C2)C1. The Kier molecular flexibility index (Phi) is 5.41. The van der Waals surface area contributed by atoms with Gasteiger partial charge < -0.3 is 14.5 Å². The normalized spacial score (nSPS) is 22.0. The fourth-order valence-electron chi connectivity index (χ4n) is 3.48. The number of benzene rings is 1. The highest BCUT2D eigenvalue weighted by Gasteiger charge is 2.34. The van der Waals surface area contributed by atoms with E-state index >= 15 is 0 Å². The van der Waals surface area contributed by atoms with Gasteiger partial charge in [0.25, 0.3) is 0 Å².